The van der Waals surface area contributed by atoms with E-state index in [2.05, 4.69) is 16.8 Å². The van der Waals surface area contributed by atoms with Gasteiger partial charge in [0.05, 0.1) is 17.0 Å². The Morgan fingerprint density at radius 1 is 1.05 bits per heavy atom. The first kappa shape index (κ1) is 25.7. The van der Waals surface area contributed by atoms with Crippen molar-refractivity contribution in [3.05, 3.63) is 88.6 Å². The minimum absolute atomic E-state index is 0.141. The molecule has 0 bridgehead atoms. The maximum Gasteiger partial charge on any atom is 0.249 e. The Kier molecular flexibility index (Phi) is 7.29. The molecule has 4 aromatic rings. The molecule has 38 heavy (non-hydrogen) atoms. The van der Waals surface area contributed by atoms with Crippen LogP contribution in [-0.4, -0.2) is 36.3 Å². The number of ether oxygens (including phenoxy) is 2. The molecule has 196 valence electrons. The van der Waals surface area contributed by atoms with E-state index in [-0.39, 0.29) is 25.0 Å². The maximum absolute atomic E-state index is 13.7. The molecule has 0 fully saturated rings. The molecule has 2 heterocycles. The van der Waals surface area contributed by atoms with Crippen molar-refractivity contribution < 1.29 is 19.1 Å². The van der Waals surface area contributed by atoms with E-state index in [1.54, 1.807) is 30.1 Å². The van der Waals surface area contributed by atoms with Gasteiger partial charge in [-0.15, -0.1) is 0 Å². The molecule has 0 radical (unpaired) electrons. The fourth-order valence-corrected chi connectivity index (χ4v) is 5.36. The van der Waals surface area contributed by atoms with Crippen LogP contribution in [0.1, 0.15) is 23.7 Å². The van der Waals surface area contributed by atoms with Gasteiger partial charge in [0.15, 0.2) is 11.5 Å². The molecular weight excluding hydrogens is 502 g/mol. The molecule has 1 aliphatic rings. The van der Waals surface area contributed by atoms with Gasteiger partial charge in [-0.1, -0.05) is 54.1 Å². The van der Waals surface area contributed by atoms with Crippen molar-refractivity contribution in [2.75, 3.05) is 18.7 Å². The molecule has 1 aromatic heterocycles. The molecule has 0 spiro atoms. The van der Waals surface area contributed by atoms with Crippen LogP contribution < -0.4 is 19.7 Å². The van der Waals surface area contributed by atoms with E-state index in [0.717, 1.165) is 34.3 Å². The smallest absolute Gasteiger partial charge is 0.249 e. The standard InChI is InChI=1S/C30H30ClN3O4/c1-4-34-19(2)23(22-11-8-12-24(31)29(22)34)17-28(35)32-25(15-20-9-6-5-7-10-20)30(36)33(3)21-13-14-26-27(16-21)38-18-37-26/h5-14,16,25H,4,15,17-18H2,1-3H3,(H,32,35)/t25-/m0/s1. The summed E-state index contributed by atoms with van der Waals surface area (Å²) in [4.78, 5) is 28.7. The lowest BCUT2D eigenvalue weighted by molar-refractivity contribution is -0.127. The molecular formula is C30H30ClN3O4. The van der Waals surface area contributed by atoms with Crippen molar-refractivity contribution >= 4 is 40.0 Å². The first-order chi connectivity index (χ1) is 18.4. The van der Waals surface area contributed by atoms with Crippen LogP contribution in [0.3, 0.4) is 0 Å². The third-order valence-electron chi connectivity index (χ3n) is 7.07. The molecule has 0 saturated carbocycles. The van der Waals surface area contributed by atoms with Gasteiger partial charge < -0.3 is 24.3 Å². The number of aryl methyl sites for hydroxylation is 1. The summed E-state index contributed by atoms with van der Waals surface area (Å²) in [5.41, 5.74) is 4.45. The fourth-order valence-electron chi connectivity index (χ4n) is 5.09. The number of fused-ring (bicyclic) bond motifs is 2. The summed E-state index contributed by atoms with van der Waals surface area (Å²) >= 11 is 6.52. The first-order valence-corrected chi connectivity index (χ1v) is 13.0. The van der Waals surface area contributed by atoms with E-state index in [1.807, 2.05) is 55.5 Å². The number of carbonyl (C=O) groups excluding carboxylic acids is 2. The zero-order chi connectivity index (χ0) is 26.8. The predicted octanol–water partition coefficient (Wildman–Crippen LogP) is 5.28. The zero-order valence-corrected chi connectivity index (χ0v) is 22.4. The van der Waals surface area contributed by atoms with Crippen LogP contribution in [0.5, 0.6) is 11.5 Å². The average molecular weight is 532 g/mol. The van der Waals surface area contributed by atoms with Gasteiger partial charge in [0.1, 0.15) is 6.04 Å². The number of rotatable bonds is 8. The van der Waals surface area contributed by atoms with Gasteiger partial charge in [-0.2, -0.15) is 0 Å². The Hall–Kier alpha value is -3.97. The van der Waals surface area contributed by atoms with Gasteiger partial charge in [0, 0.05) is 42.8 Å². The van der Waals surface area contributed by atoms with Crippen LogP contribution in [0.4, 0.5) is 5.69 Å². The van der Waals surface area contributed by atoms with Crippen LogP contribution in [0.25, 0.3) is 10.9 Å². The van der Waals surface area contributed by atoms with Crippen LogP contribution in [0.15, 0.2) is 66.7 Å². The summed E-state index contributed by atoms with van der Waals surface area (Å²) in [6.07, 6.45) is 0.504. The number of halogens is 1. The number of para-hydroxylation sites is 1. The molecule has 1 N–H and O–H groups in total. The SMILES string of the molecule is CCn1c(C)c(CC(=O)N[C@@H](Cc2ccccc2)C(=O)N(C)c2ccc3c(c2)OCO3)c2cccc(Cl)c21. The number of nitrogens with zero attached hydrogens (tertiary/aromatic N) is 2. The maximum atomic E-state index is 13.7. The Balaban J connectivity index is 1.41. The lowest BCUT2D eigenvalue weighted by Crippen LogP contribution is -2.49. The monoisotopic (exact) mass is 531 g/mol. The van der Waals surface area contributed by atoms with Crippen molar-refractivity contribution in [1.82, 2.24) is 9.88 Å². The summed E-state index contributed by atoms with van der Waals surface area (Å²) in [5, 5.41) is 4.63. The number of anilines is 1. The molecule has 2 amide bonds. The topological polar surface area (TPSA) is 72.8 Å². The average Bonchev–Trinajstić information content (AvgIpc) is 3.50. The highest BCUT2D eigenvalue weighted by molar-refractivity contribution is 6.35. The molecule has 0 unspecified atom stereocenters. The molecule has 1 atom stereocenters. The van der Waals surface area contributed by atoms with Gasteiger partial charge in [-0.25, -0.2) is 0 Å². The molecule has 0 aliphatic carbocycles. The van der Waals surface area contributed by atoms with E-state index in [0.29, 0.717) is 28.6 Å². The minimum atomic E-state index is -0.760. The highest BCUT2D eigenvalue weighted by Crippen LogP contribution is 2.35. The Morgan fingerprint density at radius 2 is 1.82 bits per heavy atom. The third-order valence-corrected chi connectivity index (χ3v) is 7.37. The second kappa shape index (κ2) is 10.8. The molecule has 0 saturated heterocycles. The molecule has 7 nitrogen and oxygen atoms in total. The van der Waals surface area contributed by atoms with E-state index in [1.165, 1.54) is 0 Å². The highest BCUT2D eigenvalue weighted by atomic mass is 35.5. The van der Waals surface area contributed by atoms with E-state index < -0.39 is 6.04 Å². The lowest BCUT2D eigenvalue weighted by atomic mass is 10.0. The summed E-state index contributed by atoms with van der Waals surface area (Å²) < 4.78 is 13.0. The highest BCUT2D eigenvalue weighted by Gasteiger charge is 2.27. The largest absolute Gasteiger partial charge is 0.454 e. The van der Waals surface area contributed by atoms with Gasteiger partial charge in [-0.3, -0.25) is 9.59 Å². The normalized spacial score (nSPS) is 12.9. The van der Waals surface area contributed by atoms with E-state index in [9.17, 15) is 9.59 Å². The van der Waals surface area contributed by atoms with Crippen molar-refractivity contribution in [3.8, 4) is 11.5 Å². The number of carbonyl (C=O) groups is 2. The van der Waals surface area contributed by atoms with Crippen molar-refractivity contribution in [3.63, 3.8) is 0 Å². The van der Waals surface area contributed by atoms with Crippen molar-refractivity contribution in [1.29, 1.82) is 0 Å². The predicted molar refractivity (Wildman–Crippen MR) is 149 cm³/mol. The van der Waals surface area contributed by atoms with Gasteiger partial charge in [0.25, 0.3) is 0 Å². The molecule has 8 heteroatoms. The number of hydrogen-bond donors (Lipinski definition) is 1. The summed E-state index contributed by atoms with van der Waals surface area (Å²) in [7, 11) is 1.70. The Morgan fingerprint density at radius 3 is 2.58 bits per heavy atom. The van der Waals surface area contributed by atoms with Crippen LogP contribution >= 0.6 is 11.6 Å². The third kappa shape index (κ3) is 4.94. The van der Waals surface area contributed by atoms with Gasteiger partial charge in [-0.05, 0) is 43.2 Å². The Bertz CT molecular complexity index is 1500. The summed E-state index contributed by atoms with van der Waals surface area (Å²) in [5.74, 6) is 0.783. The number of hydrogen-bond acceptors (Lipinski definition) is 4. The Labute approximate surface area is 226 Å². The number of aromatic nitrogens is 1. The second-order valence-electron chi connectivity index (χ2n) is 9.37. The van der Waals surface area contributed by atoms with Crippen LogP contribution in [0.2, 0.25) is 5.02 Å². The lowest BCUT2D eigenvalue weighted by Gasteiger charge is -2.25. The number of amides is 2. The first-order valence-electron chi connectivity index (χ1n) is 12.6. The second-order valence-corrected chi connectivity index (χ2v) is 9.77. The number of likely N-dealkylation sites (N-methyl/N-ethyl adjacent to an activating group) is 1. The zero-order valence-electron chi connectivity index (χ0n) is 21.7. The van der Waals surface area contributed by atoms with Crippen molar-refractivity contribution in [2.45, 2.75) is 39.3 Å². The van der Waals surface area contributed by atoms with Gasteiger partial charge in [0.2, 0.25) is 18.6 Å². The summed E-state index contributed by atoms with van der Waals surface area (Å²) in [6.45, 7) is 4.95. The molecule has 3 aromatic carbocycles. The molecule has 5 rings (SSSR count). The minimum Gasteiger partial charge on any atom is -0.454 e. The van der Waals surface area contributed by atoms with Crippen LogP contribution in [-0.2, 0) is 29.0 Å². The van der Waals surface area contributed by atoms with Gasteiger partial charge >= 0.3 is 0 Å². The number of benzene rings is 3. The van der Waals surface area contributed by atoms with E-state index >= 15 is 0 Å². The molecule has 1 aliphatic heterocycles. The van der Waals surface area contributed by atoms with Crippen molar-refractivity contribution in [2.24, 2.45) is 0 Å². The van der Waals surface area contributed by atoms with Crippen LogP contribution in [0, 0.1) is 6.92 Å². The quantitative estimate of drug-likeness (QED) is 0.335. The van der Waals surface area contributed by atoms with E-state index in [4.69, 9.17) is 21.1 Å². The number of nitrogens with one attached hydrogen (secondary N) is 1. The summed E-state index contributed by atoms with van der Waals surface area (Å²) in [6, 6.07) is 20.0. The fraction of sp³-hybridized carbons (Fsp3) is 0.267.